The predicted molar refractivity (Wildman–Crippen MR) is 183 cm³/mol. The van der Waals surface area contributed by atoms with Gasteiger partial charge in [0.2, 0.25) is 11.8 Å². The Morgan fingerprint density at radius 2 is 1.47 bits per heavy atom. The van der Waals surface area contributed by atoms with Gasteiger partial charge in [-0.1, -0.05) is 78.9 Å². The largest absolute Gasteiger partial charge is 0.508 e. The van der Waals surface area contributed by atoms with Crippen molar-refractivity contribution in [2.75, 3.05) is 36.5 Å². The van der Waals surface area contributed by atoms with Gasteiger partial charge in [-0.25, -0.2) is 9.80 Å². The number of amides is 3. The number of hydrogen-bond acceptors (Lipinski definition) is 7. The van der Waals surface area contributed by atoms with E-state index < -0.39 is 6.09 Å². The molecule has 0 unspecified atom stereocenters. The number of piperidine rings is 1. The molecule has 5 rings (SSSR count). The SMILES string of the molecule is O=C(CCNCc1ccc(O)cc1)NN(C(=O)CCN1CCC(OC(=O)Nc2ccccc2-c2ccccc2)CC1)c1ccccc1. The molecule has 0 bridgehead atoms. The van der Waals surface area contributed by atoms with E-state index in [1.54, 1.807) is 24.3 Å². The number of aromatic hydroxyl groups is 1. The number of carbonyl (C=O) groups is 3. The predicted octanol–water partition coefficient (Wildman–Crippen LogP) is 5.71. The Bertz CT molecular complexity index is 1590. The first-order valence-electron chi connectivity index (χ1n) is 15.9. The molecule has 0 spiro atoms. The Hall–Kier alpha value is -5.19. The van der Waals surface area contributed by atoms with Crippen molar-refractivity contribution in [1.29, 1.82) is 0 Å². The molecule has 244 valence electrons. The molecule has 3 amide bonds. The molecule has 10 nitrogen and oxygen atoms in total. The third-order valence-corrected chi connectivity index (χ3v) is 7.99. The minimum Gasteiger partial charge on any atom is -0.508 e. The Morgan fingerprint density at radius 3 is 2.19 bits per heavy atom. The number of para-hydroxylation sites is 2. The quantitative estimate of drug-likeness (QED) is 0.116. The van der Waals surface area contributed by atoms with Crippen molar-refractivity contribution in [2.24, 2.45) is 0 Å². The number of anilines is 2. The van der Waals surface area contributed by atoms with Crippen LogP contribution < -0.4 is 21.1 Å². The number of rotatable bonds is 12. The van der Waals surface area contributed by atoms with Crippen LogP contribution in [0.5, 0.6) is 5.75 Å². The number of nitrogens with one attached hydrogen (secondary N) is 3. The normalized spacial score (nSPS) is 13.4. The molecule has 4 N–H and O–H groups in total. The third-order valence-electron chi connectivity index (χ3n) is 7.99. The zero-order valence-corrected chi connectivity index (χ0v) is 26.3. The van der Waals surface area contributed by atoms with E-state index >= 15 is 0 Å². The van der Waals surface area contributed by atoms with Gasteiger partial charge in [0.1, 0.15) is 11.9 Å². The lowest BCUT2D eigenvalue weighted by molar-refractivity contribution is -0.126. The summed E-state index contributed by atoms with van der Waals surface area (Å²) in [6.45, 7) is 2.89. The van der Waals surface area contributed by atoms with Crippen LogP contribution in [0.4, 0.5) is 16.2 Å². The number of ether oxygens (including phenoxy) is 1. The molecule has 1 aliphatic heterocycles. The summed E-state index contributed by atoms with van der Waals surface area (Å²) >= 11 is 0. The second-order valence-electron chi connectivity index (χ2n) is 11.4. The number of carbonyl (C=O) groups excluding carboxylic acids is 3. The van der Waals surface area contributed by atoms with Crippen molar-refractivity contribution >= 4 is 29.3 Å². The molecule has 4 aromatic rings. The Kier molecular flexibility index (Phi) is 12.0. The van der Waals surface area contributed by atoms with Gasteiger partial charge in [0.05, 0.1) is 11.4 Å². The lowest BCUT2D eigenvalue weighted by Gasteiger charge is -2.32. The first-order chi connectivity index (χ1) is 22.9. The molecule has 1 aliphatic rings. The molecule has 1 fully saturated rings. The minimum atomic E-state index is -0.480. The van der Waals surface area contributed by atoms with Crippen molar-refractivity contribution in [1.82, 2.24) is 15.6 Å². The molecule has 10 heteroatoms. The highest BCUT2D eigenvalue weighted by molar-refractivity contribution is 5.96. The molecule has 0 radical (unpaired) electrons. The van der Waals surface area contributed by atoms with Gasteiger partial charge in [-0.2, -0.15) is 0 Å². The van der Waals surface area contributed by atoms with Crippen LogP contribution in [0.25, 0.3) is 11.1 Å². The zero-order chi connectivity index (χ0) is 32.8. The van der Waals surface area contributed by atoms with E-state index in [4.69, 9.17) is 4.74 Å². The molecular weight excluding hydrogens is 594 g/mol. The lowest BCUT2D eigenvalue weighted by Crippen LogP contribution is -2.48. The highest BCUT2D eigenvalue weighted by Gasteiger charge is 2.25. The topological polar surface area (TPSA) is 123 Å². The summed E-state index contributed by atoms with van der Waals surface area (Å²) in [6, 6.07) is 33.5. The summed E-state index contributed by atoms with van der Waals surface area (Å²) in [5.41, 5.74) is 6.99. The van der Waals surface area contributed by atoms with E-state index in [0.717, 1.165) is 16.7 Å². The van der Waals surface area contributed by atoms with Crippen LogP contribution in [-0.4, -0.2) is 60.2 Å². The van der Waals surface area contributed by atoms with Gasteiger partial charge in [0, 0.05) is 51.1 Å². The van der Waals surface area contributed by atoms with Crippen LogP contribution in [0, 0.1) is 0 Å². The second-order valence-corrected chi connectivity index (χ2v) is 11.4. The van der Waals surface area contributed by atoms with Gasteiger partial charge in [0.15, 0.2) is 0 Å². The first kappa shape index (κ1) is 33.2. The van der Waals surface area contributed by atoms with Crippen LogP contribution in [-0.2, 0) is 20.9 Å². The number of benzene rings is 4. The highest BCUT2D eigenvalue weighted by Crippen LogP contribution is 2.28. The number of phenolic OH excluding ortho intramolecular Hbond substituents is 1. The van der Waals surface area contributed by atoms with E-state index in [-0.39, 0.29) is 36.5 Å². The Morgan fingerprint density at radius 1 is 0.809 bits per heavy atom. The summed E-state index contributed by atoms with van der Waals surface area (Å²) < 4.78 is 5.76. The smallest absolute Gasteiger partial charge is 0.411 e. The van der Waals surface area contributed by atoms with Crippen molar-refractivity contribution in [3.05, 3.63) is 115 Å². The summed E-state index contributed by atoms with van der Waals surface area (Å²) in [5.74, 6) is -0.279. The number of hydrazine groups is 1. The van der Waals surface area contributed by atoms with Crippen LogP contribution in [0.15, 0.2) is 109 Å². The van der Waals surface area contributed by atoms with Crippen LogP contribution >= 0.6 is 0 Å². The van der Waals surface area contributed by atoms with Crippen molar-refractivity contribution < 1.29 is 24.2 Å². The van der Waals surface area contributed by atoms with Crippen LogP contribution in [0.1, 0.15) is 31.2 Å². The zero-order valence-electron chi connectivity index (χ0n) is 26.3. The fourth-order valence-corrected chi connectivity index (χ4v) is 5.45. The molecule has 0 aromatic heterocycles. The fraction of sp³-hybridized carbons (Fsp3) is 0.270. The maximum Gasteiger partial charge on any atom is 0.411 e. The molecule has 0 saturated carbocycles. The number of likely N-dealkylation sites (tertiary alicyclic amines) is 1. The Labute approximate surface area is 275 Å². The van der Waals surface area contributed by atoms with E-state index in [1.165, 1.54) is 5.01 Å². The molecule has 1 heterocycles. The van der Waals surface area contributed by atoms with E-state index in [1.807, 2.05) is 84.9 Å². The van der Waals surface area contributed by atoms with Crippen LogP contribution in [0.3, 0.4) is 0 Å². The van der Waals surface area contributed by atoms with Gasteiger partial charge >= 0.3 is 6.09 Å². The van der Waals surface area contributed by atoms with Gasteiger partial charge in [-0.3, -0.25) is 20.3 Å². The number of nitrogens with zero attached hydrogens (tertiary/aromatic N) is 2. The Balaban J connectivity index is 1.05. The lowest BCUT2D eigenvalue weighted by atomic mass is 10.0. The first-order valence-corrected chi connectivity index (χ1v) is 15.9. The van der Waals surface area contributed by atoms with E-state index in [0.29, 0.717) is 56.9 Å². The number of hydrogen-bond donors (Lipinski definition) is 4. The maximum absolute atomic E-state index is 13.3. The van der Waals surface area contributed by atoms with Gasteiger partial charge in [-0.15, -0.1) is 0 Å². The summed E-state index contributed by atoms with van der Waals surface area (Å²) in [4.78, 5) is 41.1. The van der Waals surface area contributed by atoms with E-state index in [2.05, 4.69) is 21.0 Å². The molecule has 4 aromatic carbocycles. The van der Waals surface area contributed by atoms with Crippen molar-refractivity contribution in [3.8, 4) is 16.9 Å². The van der Waals surface area contributed by atoms with E-state index in [9.17, 15) is 19.5 Å². The molecule has 1 saturated heterocycles. The monoisotopic (exact) mass is 635 g/mol. The molecule has 47 heavy (non-hydrogen) atoms. The average Bonchev–Trinajstić information content (AvgIpc) is 3.10. The molecular formula is C37H41N5O5. The molecule has 0 aliphatic carbocycles. The van der Waals surface area contributed by atoms with Gasteiger partial charge in [0.25, 0.3) is 0 Å². The standard InChI is InChI=1S/C37H41N5O5/c43-31-17-15-28(16-18-31)27-38-23-19-35(44)40-42(30-11-5-2-6-12-30)36(45)22-26-41-24-20-32(21-25-41)47-37(46)39-34-14-8-7-13-33(34)29-9-3-1-4-10-29/h1-18,32,38,43H,19-27H2,(H,39,46)(H,40,44). The van der Waals surface area contributed by atoms with Gasteiger partial charge < -0.3 is 20.1 Å². The average molecular weight is 636 g/mol. The molecule has 0 atom stereocenters. The minimum absolute atomic E-state index is 0.188. The maximum atomic E-state index is 13.3. The summed E-state index contributed by atoms with van der Waals surface area (Å²) in [5, 5.41) is 16.9. The fourth-order valence-electron chi connectivity index (χ4n) is 5.45. The van der Waals surface area contributed by atoms with Crippen LogP contribution in [0.2, 0.25) is 0 Å². The van der Waals surface area contributed by atoms with Crippen molar-refractivity contribution in [2.45, 2.75) is 38.3 Å². The van der Waals surface area contributed by atoms with Crippen molar-refractivity contribution in [3.63, 3.8) is 0 Å². The summed E-state index contributed by atoms with van der Waals surface area (Å²) in [6.07, 6.45) is 1.04. The summed E-state index contributed by atoms with van der Waals surface area (Å²) in [7, 11) is 0. The van der Waals surface area contributed by atoms with Gasteiger partial charge in [-0.05, 0) is 54.3 Å². The third kappa shape index (κ3) is 10.2. The second kappa shape index (κ2) is 16.9. The highest BCUT2D eigenvalue weighted by atomic mass is 16.6. The number of phenols is 1.